The first-order chi connectivity index (χ1) is 11.5. The summed E-state index contributed by atoms with van der Waals surface area (Å²) in [5.41, 5.74) is 1.42. The summed E-state index contributed by atoms with van der Waals surface area (Å²) >= 11 is 5.95. The van der Waals surface area contributed by atoms with Crippen molar-refractivity contribution < 1.29 is 18.7 Å². The SMILES string of the molecule is O=C(COC(=O)/C=C/c1ccccc1Cl)NCc1ccc(F)cc1. The van der Waals surface area contributed by atoms with Gasteiger partial charge in [-0.3, -0.25) is 4.79 Å². The van der Waals surface area contributed by atoms with Crippen molar-refractivity contribution in [1.29, 1.82) is 0 Å². The molecule has 0 unspecified atom stereocenters. The van der Waals surface area contributed by atoms with Crippen molar-refractivity contribution >= 4 is 29.6 Å². The summed E-state index contributed by atoms with van der Waals surface area (Å²) in [7, 11) is 0. The number of carbonyl (C=O) groups excluding carboxylic acids is 2. The van der Waals surface area contributed by atoms with E-state index in [2.05, 4.69) is 5.32 Å². The van der Waals surface area contributed by atoms with Crippen molar-refractivity contribution in [3.63, 3.8) is 0 Å². The van der Waals surface area contributed by atoms with E-state index in [1.807, 2.05) is 0 Å². The number of benzene rings is 2. The number of esters is 1. The molecule has 24 heavy (non-hydrogen) atoms. The summed E-state index contributed by atoms with van der Waals surface area (Å²) in [4.78, 5) is 23.2. The fourth-order valence-electron chi connectivity index (χ4n) is 1.81. The molecule has 0 atom stereocenters. The quantitative estimate of drug-likeness (QED) is 0.644. The Morgan fingerprint density at radius 3 is 2.54 bits per heavy atom. The van der Waals surface area contributed by atoms with Crippen molar-refractivity contribution in [3.05, 3.63) is 76.6 Å². The van der Waals surface area contributed by atoms with E-state index in [9.17, 15) is 14.0 Å². The second-order valence-corrected chi connectivity index (χ2v) is 5.27. The highest BCUT2D eigenvalue weighted by atomic mass is 35.5. The van der Waals surface area contributed by atoms with Gasteiger partial charge in [0.2, 0.25) is 0 Å². The van der Waals surface area contributed by atoms with E-state index in [4.69, 9.17) is 16.3 Å². The predicted octanol–water partition coefficient (Wildman–Crippen LogP) is 3.35. The van der Waals surface area contributed by atoms with E-state index in [0.717, 1.165) is 5.56 Å². The van der Waals surface area contributed by atoms with E-state index in [1.54, 1.807) is 36.4 Å². The Balaban J connectivity index is 1.74. The van der Waals surface area contributed by atoms with Crippen LogP contribution in [0.4, 0.5) is 4.39 Å². The second kappa shape index (κ2) is 8.84. The summed E-state index contributed by atoms with van der Waals surface area (Å²) in [5, 5.41) is 3.09. The van der Waals surface area contributed by atoms with Crippen LogP contribution in [0.3, 0.4) is 0 Å². The highest BCUT2D eigenvalue weighted by molar-refractivity contribution is 6.32. The minimum Gasteiger partial charge on any atom is -0.452 e. The number of ether oxygens (including phenoxy) is 1. The van der Waals surface area contributed by atoms with Crippen LogP contribution in [-0.2, 0) is 20.9 Å². The predicted molar refractivity (Wildman–Crippen MR) is 89.7 cm³/mol. The van der Waals surface area contributed by atoms with Crippen molar-refractivity contribution in [2.45, 2.75) is 6.54 Å². The van der Waals surface area contributed by atoms with E-state index in [-0.39, 0.29) is 12.4 Å². The van der Waals surface area contributed by atoms with Crippen LogP contribution in [0.15, 0.2) is 54.6 Å². The summed E-state index contributed by atoms with van der Waals surface area (Å²) < 4.78 is 17.6. The average molecular weight is 348 g/mol. The van der Waals surface area contributed by atoms with Crippen LogP contribution < -0.4 is 5.32 Å². The highest BCUT2D eigenvalue weighted by Gasteiger charge is 2.05. The Bertz CT molecular complexity index is 744. The molecular weight excluding hydrogens is 333 g/mol. The van der Waals surface area contributed by atoms with Gasteiger partial charge in [-0.25, -0.2) is 9.18 Å². The monoisotopic (exact) mass is 347 g/mol. The van der Waals surface area contributed by atoms with E-state index >= 15 is 0 Å². The first kappa shape index (κ1) is 17.7. The van der Waals surface area contributed by atoms with Gasteiger partial charge in [0.25, 0.3) is 5.91 Å². The minimum atomic E-state index is -0.646. The minimum absolute atomic E-state index is 0.228. The molecular formula is C18H15ClFNO3. The molecule has 6 heteroatoms. The van der Waals surface area contributed by atoms with Gasteiger partial charge in [0.05, 0.1) is 0 Å². The van der Waals surface area contributed by atoms with Gasteiger partial charge in [-0.2, -0.15) is 0 Å². The molecule has 2 aromatic carbocycles. The van der Waals surface area contributed by atoms with Crippen molar-refractivity contribution in [2.75, 3.05) is 6.61 Å². The van der Waals surface area contributed by atoms with Crippen LogP contribution in [0.5, 0.6) is 0 Å². The summed E-state index contributed by atoms with van der Waals surface area (Å²) in [6.07, 6.45) is 2.72. The van der Waals surface area contributed by atoms with Crippen LogP contribution in [0.2, 0.25) is 5.02 Å². The molecule has 0 fully saturated rings. The lowest BCUT2D eigenvalue weighted by molar-refractivity contribution is -0.143. The Labute approximate surface area is 143 Å². The number of halogens is 2. The number of rotatable bonds is 6. The molecule has 1 amide bonds. The fraction of sp³-hybridized carbons (Fsp3) is 0.111. The first-order valence-electron chi connectivity index (χ1n) is 7.15. The van der Waals surface area contributed by atoms with E-state index in [0.29, 0.717) is 10.6 Å². The normalized spacial score (nSPS) is 10.6. The van der Waals surface area contributed by atoms with Gasteiger partial charge in [-0.05, 0) is 35.4 Å². The van der Waals surface area contributed by atoms with E-state index < -0.39 is 18.5 Å². The molecule has 0 aliphatic carbocycles. The van der Waals surface area contributed by atoms with Gasteiger partial charge in [-0.15, -0.1) is 0 Å². The molecule has 0 bridgehead atoms. The van der Waals surface area contributed by atoms with Gasteiger partial charge in [-0.1, -0.05) is 41.9 Å². The molecule has 0 aliphatic rings. The summed E-state index contributed by atoms with van der Waals surface area (Å²) in [6, 6.07) is 12.8. The maximum Gasteiger partial charge on any atom is 0.331 e. The molecule has 0 saturated carbocycles. The molecule has 1 N–H and O–H groups in total. The lowest BCUT2D eigenvalue weighted by atomic mass is 10.2. The molecule has 0 spiro atoms. The maximum atomic E-state index is 12.8. The van der Waals surface area contributed by atoms with Gasteiger partial charge in [0.15, 0.2) is 6.61 Å². The Morgan fingerprint density at radius 1 is 1.12 bits per heavy atom. The van der Waals surface area contributed by atoms with Crippen LogP contribution in [0.25, 0.3) is 6.08 Å². The molecule has 124 valence electrons. The van der Waals surface area contributed by atoms with Crippen LogP contribution in [0, 0.1) is 5.82 Å². The highest BCUT2D eigenvalue weighted by Crippen LogP contribution is 2.16. The number of nitrogens with one attached hydrogen (secondary N) is 1. The van der Waals surface area contributed by atoms with Crippen LogP contribution >= 0.6 is 11.6 Å². The standard InChI is InChI=1S/C18H15ClFNO3/c19-16-4-2-1-3-14(16)7-10-18(23)24-12-17(22)21-11-13-5-8-15(20)9-6-13/h1-10H,11-12H2,(H,21,22)/b10-7+. The zero-order valence-corrected chi connectivity index (χ0v) is 13.4. The second-order valence-electron chi connectivity index (χ2n) is 4.87. The lowest BCUT2D eigenvalue weighted by Crippen LogP contribution is -2.28. The third-order valence-corrected chi connectivity index (χ3v) is 3.40. The number of carbonyl (C=O) groups is 2. The third-order valence-electron chi connectivity index (χ3n) is 3.05. The Kier molecular flexibility index (Phi) is 6.51. The number of hydrogen-bond acceptors (Lipinski definition) is 3. The molecule has 0 saturated heterocycles. The van der Waals surface area contributed by atoms with Crippen molar-refractivity contribution in [2.24, 2.45) is 0 Å². The summed E-state index contributed by atoms with van der Waals surface area (Å²) in [5.74, 6) is -1.44. The maximum absolute atomic E-state index is 12.8. The molecule has 0 heterocycles. The fourth-order valence-corrected chi connectivity index (χ4v) is 2.01. The molecule has 2 rings (SSSR count). The van der Waals surface area contributed by atoms with E-state index in [1.165, 1.54) is 24.3 Å². The Morgan fingerprint density at radius 2 is 1.83 bits per heavy atom. The number of amides is 1. The van der Waals surface area contributed by atoms with Crippen molar-refractivity contribution in [3.8, 4) is 0 Å². The zero-order valence-electron chi connectivity index (χ0n) is 12.7. The van der Waals surface area contributed by atoms with Gasteiger partial charge < -0.3 is 10.1 Å². The largest absolute Gasteiger partial charge is 0.452 e. The van der Waals surface area contributed by atoms with Crippen molar-refractivity contribution in [1.82, 2.24) is 5.32 Å². The van der Waals surface area contributed by atoms with Crippen LogP contribution in [0.1, 0.15) is 11.1 Å². The third kappa shape index (κ3) is 5.85. The van der Waals surface area contributed by atoms with Gasteiger partial charge >= 0.3 is 5.97 Å². The van der Waals surface area contributed by atoms with Crippen LogP contribution in [-0.4, -0.2) is 18.5 Å². The zero-order chi connectivity index (χ0) is 17.4. The topological polar surface area (TPSA) is 55.4 Å². The molecule has 2 aromatic rings. The molecule has 4 nitrogen and oxygen atoms in total. The molecule has 0 radical (unpaired) electrons. The first-order valence-corrected chi connectivity index (χ1v) is 7.53. The summed E-state index contributed by atoms with van der Waals surface area (Å²) in [6.45, 7) is -0.168. The van der Waals surface area contributed by atoms with Gasteiger partial charge in [0, 0.05) is 17.6 Å². The lowest BCUT2D eigenvalue weighted by Gasteiger charge is -2.05. The average Bonchev–Trinajstić information content (AvgIpc) is 2.58. The molecule has 0 aromatic heterocycles. The van der Waals surface area contributed by atoms with Gasteiger partial charge in [0.1, 0.15) is 5.82 Å². The Hall–Kier alpha value is -2.66. The number of hydrogen-bond donors (Lipinski definition) is 1. The molecule has 0 aliphatic heterocycles. The smallest absolute Gasteiger partial charge is 0.331 e.